The number of hydrogen-bond acceptors (Lipinski definition) is 5. The maximum absolute atomic E-state index is 13.0. The second-order valence-corrected chi connectivity index (χ2v) is 7.59. The molecule has 3 aromatic heterocycles. The molecule has 4 rings (SSSR count). The average molecular weight is 395 g/mol. The minimum atomic E-state index is -0.166. The van der Waals surface area contributed by atoms with Gasteiger partial charge in [0.1, 0.15) is 11.5 Å². The quantitative estimate of drug-likeness (QED) is 0.663. The minimum Gasteiger partial charge on any atom is -0.463 e. The Kier molecular flexibility index (Phi) is 5.33. The van der Waals surface area contributed by atoms with E-state index < -0.39 is 0 Å². The highest BCUT2D eigenvalue weighted by atomic mass is 16.3. The van der Waals surface area contributed by atoms with Gasteiger partial charge in [0.25, 0.3) is 5.56 Å². The largest absolute Gasteiger partial charge is 0.463 e. The lowest BCUT2D eigenvalue weighted by molar-refractivity contribution is -0.137. The number of carbonyl (C=O) groups is 1. The summed E-state index contributed by atoms with van der Waals surface area (Å²) in [5, 5.41) is 4.51. The Morgan fingerprint density at radius 3 is 2.93 bits per heavy atom. The molecule has 0 saturated carbocycles. The zero-order valence-electron chi connectivity index (χ0n) is 16.7. The molecule has 0 unspecified atom stereocenters. The summed E-state index contributed by atoms with van der Waals surface area (Å²) in [4.78, 5) is 31.6. The van der Waals surface area contributed by atoms with Crippen LogP contribution in [0.25, 0.3) is 11.5 Å². The van der Waals surface area contributed by atoms with E-state index in [1.807, 2.05) is 35.6 Å². The Bertz CT molecular complexity index is 1040. The van der Waals surface area contributed by atoms with Gasteiger partial charge in [-0.05, 0) is 38.0 Å². The Morgan fingerprint density at radius 2 is 2.21 bits per heavy atom. The second kappa shape index (κ2) is 8.06. The summed E-state index contributed by atoms with van der Waals surface area (Å²) in [6.45, 7) is 5.65. The number of furan rings is 1. The molecule has 1 amide bonds. The van der Waals surface area contributed by atoms with Crippen LogP contribution in [0.3, 0.4) is 0 Å². The number of carbonyl (C=O) groups excluding carboxylic acids is 1. The van der Waals surface area contributed by atoms with Crippen molar-refractivity contribution in [1.82, 2.24) is 24.2 Å². The average Bonchev–Trinajstić information content (AvgIpc) is 3.40. The highest BCUT2D eigenvalue weighted by Crippen LogP contribution is 2.23. The molecular weight excluding hydrogens is 370 g/mol. The Labute approximate surface area is 168 Å². The van der Waals surface area contributed by atoms with Crippen LogP contribution in [0.15, 0.2) is 52.1 Å². The lowest BCUT2D eigenvalue weighted by Gasteiger charge is -2.34. The van der Waals surface area contributed by atoms with Gasteiger partial charge in [-0.25, -0.2) is 9.67 Å². The number of nitrogens with zero attached hydrogens (tertiary/aromatic N) is 5. The van der Waals surface area contributed by atoms with Crippen LogP contribution in [0.5, 0.6) is 0 Å². The summed E-state index contributed by atoms with van der Waals surface area (Å²) < 4.78 is 8.89. The van der Waals surface area contributed by atoms with Gasteiger partial charge in [-0.1, -0.05) is 6.92 Å². The molecule has 152 valence electrons. The van der Waals surface area contributed by atoms with E-state index in [-0.39, 0.29) is 23.4 Å². The maximum atomic E-state index is 13.0. The fourth-order valence-corrected chi connectivity index (χ4v) is 3.88. The number of rotatable bonds is 5. The van der Waals surface area contributed by atoms with Gasteiger partial charge < -0.3 is 13.9 Å². The van der Waals surface area contributed by atoms with Gasteiger partial charge in [-0.15, -0.1) is 0 Å². The van der Waals surface area contributed by atoms with Crippen molar-refractivity contribution in [3.8, 4) is 11.5 Å². The molecule has 0 aliphatic carbocycles. The van der Waals surface area contributed by atoms with Gasteiger partial charge in [-0.2, -0.15) is 5.10 Å². The van der Waals surface area contributed by atoms with Crippen LogP contribution < -0.4 is 5.56 Å². The first-order chi connectivity index (χ1) is 14.0. The summed E-state index contributed by atoms with van der Waals surface area (Å²) in [5.74, 6) is 1.44. The summed E-state index contributed by atoms with van der Waals surface area (Å²) in [6, 6.07) is 6.64. The van der Waals surface area contributed by atoms with Gasteiger partial charge in [0.15, 0.2) is 5.76 Å². The Balaban J connectivity index is 1.50. The van der Waals surface area contributed by atoms with Gasteiger partial charge in [0.05, 0.1) is 18.2 Å². The number of likely N-dealkylation sites (tertiary alicyclic amines) is 1. The number of hydrogen-bond donors (Lipinski definition) is 0. The monoisotopic (exact) mass is 395 g/mol. The van der Waals surface area contributed by atoms with Crippen molar-refractivity contribution < 1.29 is 9.21 Å². The van der Waals surface area contributed by atoms with Crippen LogP contribution in [0.1, 0.15) is 31.6 Å². The molecule has 1 fully saturated rings. The maximum Gasteiger partial charge on any atom is 0.267 e. The van der Waals surface area contributed by atoms with Crippen LogP contribution >= 0.6 is 0 Å². The van der Waals surface area contributed by atoms with Crippen LogP contribution in [0.2, 0.25) is 0 Å². The molecule has 8 heteroatoms. The number of piperidine rings is 1. The lowest BCUT2D eigenvalue weighted by atomic mass is 10.0. The van der Waals surface area contributed by atoms with Crippen molar-refractivity contribution >= 4 is 5.91 Å². The molecule has 4 heterocycles. The second-order valence-electron chi connectivity index (χ2n) is 7.59. The number of aromatic nitrogens is 4. The molecule has 0 spiro atoms. The minimum absolute atomic E-state index is 0.0954. The smallest absolute Gasteiger partial charge is 0.267 e. The predicted molar refractivity (Wildman–Crippen MR) is 107 cm³/mol. The van der Waals surface area contributed by atoms with Crippen LogP contribution in [0.4, 0.5) is 0 Å². The summed E-state index contributed by atoms with van der Waals surface area (Å²) in [7, 11) is 0. The number of aryl methyl sites for hydroxylation is 1. The SMILES string of the molecule is Cc1nccn1C[C@H](C)C(=O)N1CCC[C@H](n2nc(-c3ccco3)ccc2=O)C1. The molecule has 8 nitrogen and oxygen atoms in total. The van der Waals surface area contributed by atoms with E-state index in [1.54, 1.807) is 24.6 Å². The lowest BCUT2D eigenvalue weighted by Crippen LogP contribution is -2.45. The van der Waals surface area contributed by atoms with Gasteiger partial charge in [0.2, 0.25) is 5.91 Å². The van der Waals surface area contributed by atoms with Crippen molar-refractivity contribution in [1.29, 1.82) is 0 Å². The molecule has 1 saturated heterocycles. The van der Waals surface area contributed by atoms with Crippen molar-refractivity contribution in [2.24, 2.45) is 5.92 Å². The molecule has 29 heavy (non-hydrogen) atoms. The molecule has 0 radical (unpaired) electrons. The van der Waals surface area contributed by atoms with Gasteiger partial charge in [-0.3, -0.25) is 9.59 Å². The molecule has 2 atom stereocenters. The highest BCUT2D eigenvalue weighted by molar-refractivity contribution is 5.78. The van der Waals surface area contributed by atoms with Gasteiger partial charge in [0, 0.05) is 38.1 Å². The topological polar surface area (TPSA) is 86.2 Å². The summed E-state index contributed by atoms with van der Waals surface area (Å²) >= 11 is 0. The summed E-state index contributed by atoms with van der Waals surface area (Å²) in [6.07, 6.45) is 6.87. The van der Waals surface area contributed by atoms with E-state index in [2.05, 4.69) is 10.1 Å². The van der Waals surface area contributed by atoms with Gasteiger partial charge >= 0.3 is 0 Å². The van der Waals surface area contributed by atoms with Crippen molar-refractivity contribution in [2.75, 3.05) is 13.1 Å². The van der Waals surface area contributed by atoms with Crippen molar-refractivity contribution in [3.05, 3.63) is 59.1 Å². The number of amides is 1. The number of imidazole rings is 1. The fourth-order valence-electron chi connectivity index (χ4n) is 3.88. The standard InChI is InChI=1S/C21H25N5O3/c1-15(13-24-11-9-22-16(24)2)21(28)25-10-3-5-17(14-25)26-20(27)8-7-18(23-26)19-6-4-12-29-19/h4,6-9,11-12,15,17H,3,5,10,13-14H2,1-2H3/t15-,17-/m0/s1. The van der Waals surface area contributed by atoms with Crippen LogP contribution in [-0.4, -0.2) is 43.2 Å². The van der Waals surface area contributed by atoms with E-state index >= 15 is 0 Å². The van der Waals surface area contributed by atoms with E-state index in [0.29, 0.717) is 31.1 Å². The van der Waals surface area contributed by atoms with E-state index in [4.69, 9.17) is 4.42 Å². The molecule has 3 aromatic rings. The van der Waals surface area contributed by atoms with E-state index in [0.717, 1.165) is 18.7 Å². The fraction of sp³-hybridized carbons (Fsp3) is 0.429. The van der Waals surface area contributed by atoms with Crippen LogP contribution in [-0.2, 0) is 11.3 Å². The first-order valence-electron chi connectivity index (χ1n) is 9.93. The summed E-state index contributed by atoms with van der Waals surface area (Å²) in [5.41, 5.74) is 0.448. The zero-order chi connectivity index (χ0) is 20.4. The van der Waals surface area contributed by atoms with E-state index in [9.17, 15) is 9.59 Å². The van der Waals surface area contributed by atoms with Crippen molar-refractivity contribution in [3.63, 3.8) is 0 Å². The molecular formula is C21H25N5O3. The third-order valence-corrected chi connectivity index (χ3v) is 5.47. The molecule has 1 aliphatic heterocycles. The third-order valence-electron chi connectivity index (χ3n) is 5.47. The first kappa shape index (κ1) is 19.2. The highest BCUT2D eigenvalue weighted by Gasteiger charge is 2.29. The molecule has 1 aliphatic rings. The zero-order valence-corrected chi connectivity index (χ0v) is 16.7. The van der Waals surface area contributed by atoms with E-state index in [1.165, 1.54) is 10.7 Å². The first-order valence-corrected chi connectivity index (χ1v) is 9.93. The Morgan fingerprint density at radius 1 is 1.34 bits per heavy atom. The van der Waals surface area contributed by atoms with Crippen LogP contribution in [0, 0.1) is 12.8 Å². The Hall–Kier alpha value is -3.16. The molecule has 0 aromatic carbocycles. The molecule has 0 bridgehead atoms. The molecule has 0 N–H and O–H groups in total. The third kappa shape index (κ3) is 4.01. The normalized spacial score (nSPS) is 18.0. The van der Waals surface area contributed by atoms with Crippen molar-refractivity contribution in [2.45, 2.75) is 39.3 Å². The predicted octanol–water partition coefficient (Wildman–Crippen LogP) is 2.51.